The van der Waals surface area contributed by atoms with Crippen LogP contribution in [0.1, 0.15) is 45.5 Å². The van der Waals surface area contributed by atoms with Crippen molar-refractivity contribution in [1.82, 2.24) is 19.4 Å². The number of aliphatic hydroxyl groups excluding tert-OH is 1. The first-order valence-corrected chi connectivity index (χ1v) is 8.29. The lowest BCUT2D eigenvalue weighted by molar-refractivity contribution is 0.0171. The minimum Gasteiger partial charge on any atom is -0.444 e. The summed E-state index contributed by atoms with van der Waals surface area (Å²) in [5.74, 6) is 0.583. The SMILES string of the molecule is CC(C)(C)OC(=O)N1CCC[C@H](n2c(CO)nc3cccnc32)C1. The molecule has 0 unspecified atom stereocenters. The van der Waals surface area contributed by atoms with Crippen molar-refractivity contribution in [2.45, 2.75) is 51.9 Å². The number of nitrogens with zero attached hydrogens (tertiary/aromatic N) is 4. The van der Waals surface area contributed by atoms with E-state index in [1.165, 1.54) is 0 Å². The molecule has 130 valence electrons. The molecule has 24 heavy (non-hydrogen) atoms. The second-order valence-corrected chi connectivity index (χ2v) is 7.12. The Labute approximate surface area is 141 Å². The summed E-state index contributed by atoms with van der Waals surface area (Å²) in [5.41, 5.74) is 0.998. The molecule has 0 aromatic carbocycles. The smallest absolute Gasteiger partial charge is 0.410 e. The normalized spacial score (nSPS) is 18.8. The van der Waals surface area contributed by atoms with Gasteiger partial charge in [-0.3, -0.25) is 0 Å². The molecule has 0 saturated carbocycles. The fourth-order valence-corrected chi connectivity index (χ4v) is 3.13. The molecule has 1 aliphatic heterocycles. The van der Waals surface area contributed by atoms with E-state index in [-0.39, 0.29) is 18.7 Å². The maximum atomic E-state index is 12.4. The highest BCUT2D eigenvalue weighted by molar-refractivity contribution is 5.71. The van der Waals surface area contributed by atoms with E-state index < -0.39 is 5.60 Å². The van der Waals surface area contributed by atoms with Gasteiger partial charge in [-0.15, -0.1) is 0 Å². The number of carbonyl (C=O) groups excluding carboxylic acids is 1. The summed E-state index contributed by atoms with van der Waals surface area (Å²) in [6.45, 7) is 6.65. The molecule has 0 aliphatic carbocycles. The molecule has 3 heterocycles. The molecular weight excluding hydrogens is 308 g/mol. The van der Waals surface area contributed by atoms with Gasteiger partial charge in [-0.05, 0) is 45.7 Å². The number of carbonyl (C=O) groups is 1. The summed E-state index contributed by atoms with van der Waals surface area (Å²) < 4.78 is 7.45. The number of likely N-dealkylation sites (tertiary alicyclic amines) is 1. The van der Waals surface area contributed by atoms with Crippen molar-refractivity contribution in [2.24, 2.45) is 0 Å². The van der Waals surface area contributed by atoms with E-state index in [1.54, 1.807) is 11.1 Å². The number of aromatic nitrogens is 3. The first-order chi connectivity index (χ1) is 11.4. The highest BCUT2D eigenvalue weighted by Gasteiger charge is 2.30. The quantitative estimate of drug-likeness (QED) is 0.914. The largest absolute Gasteiger partial charge is 0.444 e. The maximum absolute atomic E-state index is 12.4. The van der Waals surface area contributed by atoms with Gasteiger partial charge < -0.3 is 19.3 Å². The molecule has 3 rings (SSSR count). The summed E-state index contributed by atoms with van der Waals surface area (Å²) in [6, 6.07) is 3.74. The van der Waals surface area contributed by atoms with Crippen molar-refractivity contribution in [3.8, 4) is 0 Å². The number of rotatable bonds is 2. The standard InChI is InChI=1S/C17H24N4O3/c1-17(2,3)24-16(23)20-9-5-6-12(10-20)21-14(11-22)19-13-7-4-8-18-15(13)21/h4,7-8,12,22H,5-6,9-11H2,1-3H3/t12-/m0/s1. The topological polar surface area (TPSA) is 80.5 Å². The Kier molecular flexibility index (Phi) is 4.45. The molecule has 1 N–H and O–H groups in total. The van der Waals surface area contributed by atoms with Crippen LogP contribution < -0.4 is 0 Å². The third-order valence-electron chi connectivity index (χ3n) is 4.08. The van der Waals surface area contributed by atoms with Crippen molar-refractivity contribution in [3.63, 3.8) is 0 Å². The second-order valence-electron chi connectivity index (χ2n) is 7.12. The van der Waals surface area contributed by atoms with Crippen molar-refractivity contribution in [1.29, 1.82) is 0 Å². The summed E-state index contributed by atoms with van der Waals surface area (Å²) >= 11 is 0. The number of fused-ring (bicyclic) bond motifs is 1. The van der Waals surface area contributed by atoms with E-state index in [2.05, 4.69) is 9.97 Å². The average molecular weight is 332 g/mol. The summed E-state index contributed by atoms with van der Waals surface area (Å²) in [4.78, 5) is 23.0. The first-order valence-electron chi connectivity index (χ1n) is 8.29. The zero-order valence-corrected chi connectivity index (χ0v) is 14.4. The van der Waals surface area contributed by atoms with Crippen LogP contribution in [0.4, 0.5) is 4.79 Å². The molecule has 1 atom stereocenters. The number of imidazole rings is 1. The monoisotopic (exact) mass is 332 g/mol. The molecule has 1 amide bonds. The maximum Gasteiger partial charge on any atom is 0.410 e. The van der Waals surface area contributed by atoms with Gasteiger partial charge in [0, 0.05) is 19.3 Å². The van der Waals surface area contributed by atoms with Crippen LogP contribution in [0.2, 0.25) is 0 Å². The highest BCUT2D eigenvalue weighted by Crippen LogP contribution is 2.28. The number of pyridine rings is 1. The van der Waals surface area contributed by atoms with Gasteiger partial charge in [-0.1, -0.05) is 0 Å². The fourth-order valence-electron chi connectivity index (χ4n) is 3.13. The Bertz CT molecular complexity index is 735. The van der Waals surface area contributed by atoms with Gasteiger partial charge in [0.25, 0.3) is 0 Å². The average Bonchev–Trinajstić information content (AvgIpc) is 2.92. The molecule has 2 aromatic rings. The van der Waals surface area contributed by atoms with Crippen LogP contribution in [-0.2, 0) is 11.3 Å². The molecule has 2 aromatic heterocycles. The second kappa shape index (κ2) is 6.39. The van der Waals surface area contributed by atoms with Crippen molar-refractivity contribution < 1.29 is 14.6 Å². The Morgan fingerprint density at radius 2 is 2.25 bits per heavy atom. The van der Waals surface area contributed by atoms with E-state index in [1.807, 2.05) is 37.5 Å². The minimum absolute atomic E-state index is 0.0355. The number of amides is 1. The number of piperidine rings is 1. The van der Waals surface area contributed by atoms with E-state index >= 15 is 0 Å². The van der Waals surface area contributed by atoms with Gasteiger partial charge >= 0.3 is 6.09 Å². The lowest BCUT2D eigenvalue weighted by Crippen LogP contribution is -2.43. The van der Waals surface area contributed by atoms with Crippen LogP contribution in [0.5, 0.6) is 0 Å². The van der Waals surface area contributed by atoms with E-state index in [0.29, 0.717) is 18.9 Å². The van der Waals surface area contributed by atoms with Crippen LogP contribution in [0.3, 0.4) is 0 Å². The van der Waals surface area contributed by atoms with Crippen molar-refractivity contribution in [2.75, 3.05) is 13.1 Å². The molecule has 1 aliphatic rings. The molecule has 7 nitrogen and oxygen atoms in total. The number of hydrogen-bond acceptors (Lipinski definition) is 5. The number of hydrogen-bond donors (Lipinski definition) is 1. The van der Waals surface area contributed by atoms with Gasteiger partial charge in [0.2, 0.25) is 0 Å². The lowest BCUT2D eigenvalue weighted by Gasteiger charge is -2.35. The zero-order valence-electron chi connectivity index (χ0n) is 14.4. The third-order valence-corrected chi connectivity index (χ3v) is 4.08. The summed E-state index contributed by atoms with van der Waals surface area (Å²) in [5, 5.41) is 9.66. The Morgan fingerprint density at radius 3 is 2.96 bits per heavy atom. The Balaban J connectivity index is 1.86. The first kappa shape index (κ1) is 16.7. The van der Waals surface area contributed by atoms with Gasteiger partial charge in [0.15, 0.2) is 5.65 Å². The van der Waals surface area contributed by atoms with E-state index in [9.17, 15) is 9.90 Å². The van der Waals surface area contributed by atoms with Gasteiger partial charge in [0.1, 0.15) is 23.5 Å². The third kappa shape index (κ3) is 3.36. The van der Waals surface area contributed by atoms with E-state index in [4.69, 9.17) is 4.74 Å². The molecule has 0 bridgehead atoms. The predicted molar refractivity (Wildman–Crippen MR) is 89.5 cm³/mol. The van der Waals surface area contributed by atoms with Crippen LogP contribution >= 0.6 is 0 Å². The highest BCUT2D eigenvalue weighted by atomic mass is 16.6. The van der Waals surface area contributed by atoms with E-state index in [0.717, 1.165) is 24.0 Å². The van der Waals surface area contributed by atoms with Crippen LogP contribution in [0.25, 0.3) is 11.2 Å². The van der Waals surface area contributed by atoms with Gasteiger partial charge in [-0.2, -0.15) is 0 Å². The van der Waals surface area contributed by atoms with Crippen molar-refractivity contribution >= 4 is 17.3 Å². The molecule has 7 heteroatoms. The summed E-state index contributed by atoms with van der Waals surface area (Å²) in [6.07, 6.45) is 3.21. The predicted octanol–water partition coefficient (Wildman–Crippen LogP) is 2.50. The number of ether oxygens (including phenoxy) is 1. The molecule has 0 radical (unpaired) electrons. The Hall–Kier alpha value is -2.15. The van der Waals surface area contributed by atoms with Crippen LogP contribution in [0, 0.1) is 0 Å². The minimum atomic E-state index is -0.510. The molecule has 1 fully saturated rings. The number of aliphatic hydroxyl groups is 1. The van der Waals surface area contributed by atoms with Gasteiger partial charge in [0.05, 0.1) is 6.04 Å². The van der Waals surface area contributed by atoms with Gasteiger partial charge in [-0.25, -0.2) is 14.8 Å². The van der Waals surface area contributed by atoms with Crippen LogP contribution in [0.15, 0.2) is 18.3 Å². The van der Waals surface area contributed by atoms with Crippen molar-refractivity contribution in [3.05, 3.63) is 24.2 Å². The zero-order chi connectivity index (χ0) is 17.3. The lowest BCUT2D eigenvalue weighted by atomic mass is 10.1. The molecule has 0 spiro atoms. The summed E-state index contributed by atoms with van der Waals surface area (Å²) in [7, 11) is 0. The molecule has 1 saturated heterocycles. The fraction of sp³-hybridized carbons (Fsp3) is 0.588. The van der Waals surface area contributed by atoms with Crippen LogP contribution in [-0.4, -0.2) is 49.3 Å². The Morgan fingerprint density at radius 1 is 1.46 bits per heavy atom. The molecular formula is C17H24N4O3.